The summed E-state index contributed by atoms with van der Waals surface area (Å²) in [5.41, 5.74) is 0.854. The molecular formula is C17H23ClN4O3. The van der Waals surface area contributed by atoms with E-state index in [1.165, 1.54) is 0 Å². The number of nitrogens with zero attached hydrogens (tertiary/aromatic N) is 3. The number of ether oxygens (including phenoxy) is 1. The lowest BCUT2D eigenvalue weighted by atomic mass is 10.2. The minimum atomic E-state index is 0. The van der Waals surface area contributed by atoms with Gasteiger partial charge in [0.25, 0.3) is 0 Å². The molecule has 0 saturated carbocycles. The largest absolute Gasteiger partial charge is 0.497 e. The first-order chi connectivity index (χ1) is 11.7. The van der Waals surface area contributed by atoms with Crippen molar-refractivity contribution in [3.8, 4) is 17.1 Å². The van der Waals surface area contributed by atoms with Gasteiger partial charge < -0.3 is 19.5 Å². The first kappa shape index (κ1) is 19.2. The maximum absolute atomic E-state index is 12.3. The number of rotatable bonds is 5. The molecule has 0 radical (unpaired) electrons. The quantitative estimate of drug-likeness (QED) is 0.870. The predicted octanol–water partition coefficient (Wildman–Crippen LogP) is 1.92. The third-order valence-corrected chi connectivity index (χ3v) is 4.19. The summed E-state index contributed by atoms with van der Waals surface area (Å²) in [7, 11) is 1.62. The summed E-state index contributed by atoms with van der Waals surface area (Å²) >= 11 is 0. The van der Waals surface area contributed by atoms with Crippen LogP contribution in [0.15, 0.2) is 28.8 Å². The van der Waals surface area contributed by atoms with E-state index in [0.717, 1.165) is 30.9 Å². The number of carbonyl (C=O) groups is 1. The van der Waals surface area contributed by atoms with Crippen LogP contribution in [-0.2, 0) is 11.2 Å². The molecule has 25 heavy (non-hydrogen) atoms. The van der Waals surface area contributed by atoms with Crippen molar-refractivity contribution >= 4 is 18.3 Å². The van der Waals surface area contributed by atoms with Crippen LogP contribution in [0, 0.1) is 0 Å². The molecule has 7 nitrogen and oxygen atoms in total. The monoisotopic (exact) mass is 366 g/mol. The molecule has 1 saturated heterocycles. The summed E-state index contributed by atoms with van der Waals surface area (Å²) in [6.45, 7) is 4.49. The van der Waals surface area contributed by atoms with E-state index >= 15 is 0 Å². The van der Waals surface area contributed by atoms with Crippen LogP contribution in [0.3, 0.4) is 0 Å². The van der Waals surface area contributed by atoms with Crippen LogP contribution in [0.2, 0.25) is 0 Å². The average Bonchev–Trinajstić information content (AvgIpc) is 3.09. The van der Waals surface area contributed by atoms with E-state index in [4.69, 9.17) is 9.26 Å². The van der Waals surface area contributed by atoms with Crippen LogP contribution in [0.5, 0.6) is 5.75 Å². The highest BCUT2D eigenvalue weighted by Gasteiger charge is 2.23. The maximum atomic E-state index is 12.3. The van der Waals surface area contributed by atoms with Crippen molar-refractivity contribution in [1.82, 2.24) is 20.4 Å². The lowest BCUT2D eigenvalue weighted by Gasteiger charge is -2.34. The highest BCUT2D eigenvalue weighted by atomic mass is 35.5. The van der Waals surface area contributed by atoms with E-state index in [-0.39, 0.29) is 24.4 Å². The molecule has 2 aromatic rings. The fraction of sp³-hybridized carbons (Fsp3) is 0.471. The Kier molecular flexibility index (Phi) is 6.78. The van der Waals surface area contributed by atoms with Gasteiger partial charge in [-0.3, -0.25) is 4.79 Å². The lowest BCUT2D eigenvalue weighted by molar-refractivity contribution is -0.134. The zero-order valence-electron chi connectivity index (χ0n) is 14.4. The molecule has 1 aromatic heterocycles. The molecule has 0 bridgehead atoms. The molecule has 3 rings (SSSR count). The van der Waals surface area contributed by atoms with Crippen LogP contribution >= 0.6 is 12.4 Å². The maximum Gasteiger partial charge on any atom is 0.227 e. The third kappa shape index (κ3) is 4.70. The number of benzene rings is 1. The minimum Gasteiger partial charge on any atom is -0.497 e. The smallest absolute Gasteiger partial charge is 0.227 e. The Hall–Kier alpha value is -2.12. The van der Waals surface area contributed by atoms with Gasteiger partial charge in [-0.2, -0.15) is 4.98 Å². The topological polar surface area (TPSA) is 80.5 Å². The van der Waals surface area contributed by atoms with Crippen molar-refractivity contribution < 1.29 is 14.1 Å². The SMILES string of the molecule is COc1ccc(-c2noc(CCC(=O)N3CCNCC3C)n2)cc1.Cl. The highest BCUT2D eigenvalue weighted by Crippen LogP contribution is 2.20. The van der Waals surface area contributed by atoms with Crippen molar-refractivity contribution in [2.75, 3.05) is 26.7 Å². The summed E-state index contributed by atoms with van der Waals surface area (Å²) in [6, 6.07) is 7.67. The highest BCUT2D eigenvalue weighted by molar-refractivity contribution is 5.85. The summed E-state index contributed by atoms with van der Waals surface area (Å²) in [6.07, 6.45) is 0.840. The Labute approximate surface area is 153 Å². The Bertz CT molecular complexity index is 689. The predicted molar refractivity (Wildman–Crippen MR) is 95.9 cm³/mol. The second kappa shape index (κ2) is 8.82. The molecule has 1 aliphatic rings. The number of carbonyl (C=O) groups excluding carboxylic acids is 1. The van der Waals surface area contributed by atoms with Gasteiger partial charge in [-0.15, -0.1) is 12.4 Å². The molecule has 1 aromatic carbocycles. The average molecular weight is 367 g/mol. The number of halogens is 1. The number of nitrogens with one attached hydrogen (secondary N) is 1. The summed E-state index contributed by atoms with van der Waals surface area (Å²) in [4.78, 5) is 18.6. The van der Waals surface area contributed by atoms with E-state index in [1.807, 2.05) is 29.2 Å². The van der Waals surface area contributed by atoms with Gasteiger partial charge in [0, 0.05) is 44.1 Å². The van der Waals surface area contributed by atoms with Crippen LogP contribution in [0.25, 0.3) is 11.4 Å². The Morgan fingerprint density at radius 2 is 2.16 bits per heavy atom. The lowest BCUT2D eigenvalue weighted by Crippen LogP contribution is -2.52. The molecule has 8 heteroatoms. The number of hydrogen-bond acceptors (Lipinski definition) is 6. The first-order valence-corrected chi connectivity index (χ1v) is 8.14. The van der Waals surface area contributed by atoms with E-state index in [9.17, 15) is 4.79 Å². The molecule has 1 unspecified atom stereocenters. The summed E-state index contributed by atoms with van der Waals surface area (Å²) in [5, 5.41) is 7.26. The van der Waals surface area contributed by atoms with Crippen molar-refractivity contribution in [1.29, 1.82) is 0 Å². The molecule has 0 spiro atoms. The van der Waals surface area contributed by atoms with E-state index in [0.29, 0.717) is 24.6 Å². The molecule has 1 N–H and O–H groups in total. The summed E-state index contributed by atoms with van der Waals surface area (Å²) in [5.74, 6) is 1.92. The van der Waals surface area contributed by atoms with Gasteiger partial charge in [-0.25, -0.2) is 0 Å². The van der Waals surface area contributed by atoms with Crippen LogP contribution in [0.4, 0.5) is 0 Å². The first-order valence-electron chi connectivity index (χ1n) is 8.14. The van der Waals surface area contributed by atoms with Crippen LogP contribution < -0.4 is 10.1 Å². The Balaban J connectivity index is 0.00000225. The van der Waals surface area contributed by atoms with Crippen molar-refractivity contribution in [2.45, 2.75) is 25.8 Å². The Morgan fingerprint density at radius 3 is 2.84 bits per heavy atom. The molecule has 1 atom stereocenters. The third-order valence-electron chi connectivity index (χ3n) is 4.19. The zero-order valence-corrected chi connectivity index (χ0v) is 15.2. The number of piperazine rings is 1. The van der Waals surface area contributed by atoms with Gasteiger partial charge in [0.2, 0.25) is 17.6 Å². The number of aromatic nitrogens is 2. The second-order valence-electron chi connectivity index (χ2n) is 5.88. The van der Waals surface area contributed by atoms with E-state index in [1.54, 1.807) is 7.11 Å². The molecule has 0 aliphatic carbocycles. The minimum absolute atomic E-state index is 0. The number of methoxy groups -OCH3 is 1. The van der Waals surface area contributed by atoms with Gasteiger partial charge in [0.15, 0.2) is 0 Å². The fourth-order valence-electron chi connectivity index (χ4n) is 2.78. The van der Waals surface area contributed by atoms with Gasteiger partial charge in [-0.05, 0) is 31.2 Å². The molecule has 1 aliphatic heterocycles. The fourth-order valence-corrected chi connectivity index (χ4v) is 2.78. The molecule has 136 valence electrons. The normalized spacial score (nSPS) is 17.0. The second-order valence-corrected chi connectivity index (χ2v) is 5.88. The molecule has 1 fully saturated rings. The van der Waals surface area contributed by atoms with Gasteiger partial charge in [-0.1, -0.05) is 5.16 Å². The summed E-state index contributed by atoms with van der Waals surface area (Å²) < 4.78 is 10.4. The number of amides is 1. The van der Waals surface area contributed by atoms with Gasteiger partial charge >= 0.3 is 0 Å². The molecule has 1 amide bonds. The van der Waals surface area contributed by atoms with Crippen LogP contribution in [-0.4, -0.2) is 53.7 Å². The van der Waals surface area contributed by atoms with Gasteiger partial charge in [0.05, 0.1) is 7.11 Å². The number of hydrogen-bond donors (Lipinski definition) is 1. The standard InChI is InChI=1S/C17H22N4O3.ClH/c1-12-11-18-9-10-21(12)16(22)8-7-15-19-17(20-24-15)13-3-5-14(23-2)6-4-13;/h3-6,12,18H,7-11H2,1-2H3;1H. The molecule has 2 heterocycles. The van der Waals surface area contributed by atoms with Crippen molar-refractivity contribution in [3.05, 3.63) is 30.2 Å². The number of aryl methyl sites for hydroxylation is 1. The van der Waals surface area contributed by atoms with Crippen molar-refractivity contribution in [2.24, 2.45) is 0 Å². The van der Waals surface area contributed by atoms with Crippen molar-refractivity contribution in [3.63, 3.8) is 0 Å². The van der Waals surface area contributed by atoms with Gasteiger partial charge in [0.1, 0.15) is 5.75 Å². The van der Waals surface area contributed by atoms with E-state index < -0.39 is 0 Å². The van der Waals surface area contributed by atoms with E-state index in [2.05, 4.69) is 22.4 Å². The zero-order chi connectivity index (χ0) is 16.9. The van der Waals surface area contributed by atoms with Crippen LogP contribution in [0.1, 0.15) is 19.2 Å². The molecular weight excluding hydrogens is 344 g/mol. The Morgan fingerprint density at radius 1 is 1.40 bits per heavy atom.